The molecule has 0 fully saturated rings. The standard InChI is InChI=1S/C33H28N2O5S2/c1-4-39-24-17-22(12-13-23(24)40-18-21-9-6-5-7-10-21)29-27(30(36)25-11-8-14-41-25)31(37)32(38)35(29)33-34-28-20(3)15-19(2)16-26(28)42-33/h5-17,29,37H,4,18H2,1-3H3. The third-order valence-corrected chi connectivity index (χ3v) is 8.91. The summed E-state index contributed by atoms with van der Waals surface area (Å²) in [7, 11) is 0. The van der Waals surface area contributed by atoms with Crippen LogP contribution in [0.2, 0.25) is 0 Å². The number of amides is 1. The van der Waals surface area contributed by atoms with Crippen molar-refractivity contribution >= 4 is 49.7 Å². The second kappa shape index (κ2) is 11.4. The Morgan fingerprint density at radius 3 is 2.55 bits per heavy atom. The summed E-state index contributed by atoms with van der Waals surface area (Å²) in [6, 6.07) is 21.8. The molecule has 3 aromatic carbocycles. The molecule has 1 amide bonds. The number of aromatic nitrogens is 1. The summed E-state index contributed by atoms with van der Waals surface area (Å²) in [5.74, 6) is -0.642. The molecule has 9 heteroatoms. The van der Waals surface area contributed by atoms with Crippen LogP contribution >= 0.6 is 22.7 Å². The number of carbonyl (C=O) groups is 2. The Balaban J connectivity index is 1.46. The Labute approximate surface area is 251 Å². The van der Waals surface area contributed by atoms with Crippen LogP contribution in [0, 0.1) is 13.8 Å². The minimum atomic E-state index is -0.920. The van der Waals surface area contributed by atoms with E-state index in [4.69, 9.17) is 14.5 Å². The highest BCUT2D eigenvalue weighted by atomic mass is 32.1. The lowest BCUT2D eigenvalue weighted by atomic mass is 9.95. The first-order valence-corrected chi connectivity index (χ1v) is 15.2. The lowest BCUT2D eigenvalue weighted by Crippen LogP contribution is -2.31. The second-order valence-electron chi connectivity index (χ2n) is 9.98. The van der Waals surface area contributed by atoms with Gasteiger partial charge in [0, 0.05) is 0 Å². The minimum absolute atomic E-state index is 0.00927. The van der Waals surface area contributed by atoms with Crippen LogP contribution in [0.25, 0.3) is 10.2 Å². The number of aliphatic hydroxyl groups is 1. The van der Waals surface area contributed by atoms with E-state index < -0.39 is 23.5 Å². The fourth-order valence-electron chi connectivity index (χ4n) is 5.17. The van der Waals surface area contributed by atoms with E-state index in [0.29, 0.717) is 40.3 Å². The fraction of sp³-hybridized carbons (Fsp3) is 0.182. The van der Waals surface area contributed by atoms with Gasteiger partial charge >= 0.3 is 0 Å². The number of anilines is 1. The van der Waals surface area contributed by atoms with Gasteiger partial charge in [0.1, 0.15) is 6.61 Å². The van der Waals surface area contributed by atoms with Gasteiger partial charge in [-0.05, 0) is 72.7 Å². The molecule has 1 N–H and O–H groups in total. The van der Waals surface area contributed by atoms with E-state index in [-0.39, 0.29) is 5.57 Å². The SMILES string of the molecule is CCOc1cc(C2C(C(=O)c3cccs3)=C(O)C(=O)N2c2nc3c(C)cc(C)cc3s2)ccc1OCc1ccccc1. The average molecular weight is 597 g/mol. The number of Topliss-reactive ketones (excluding diaryl/α,β-unsaturated/α-hetero) is 1. The van der Waals surface area contributed by atoms with Crippen molar-refractivity contribution in [3.8, 4) is 11.5 Å². The molecule has 1 aliphatic heterocycles. The molecule has 1 unspecified atom stereocenters. The molecule has 0 radical (unpaired) electrons. The normalized spacial score (nSPS) is 15.1. The number of fused-ring (bicyclic) bond motifs is 1. The number of carbonyl (C=O) groups excluding carboxylic acids is 2. The van der Waals surface area contributed by atoms with E-state index in [9.17, 15) is 14.7 Å². The predicted octanol–water partition coefficient (Wildman–Crippen LogP) is 7.74. The molecule has 6 rings (SSSR count). The first-order chi connectivity index (χ1) is 20.4. The smallest absolute Gasteiger partial charge is 0.296 e. The number of aryl methyl sites for hydroxylation is 2. The number of hydrogen-bond donors (Lipinski definition) is 1. The molecule has 0 aliphatic carbocycles. The third-order valence-electron chi connectivity index (χ3n) is 7.04. The zero-order valence-corrected chi connectivity index (χ0v) is 24.9. The molecular weight excluding hydrogens is 569 g/mol. The van der Waals surface area contributed by atoms with Gasteiger partial charge in [0.25, 0.3) is 5.91 Å². The Kier molecular flexibility index (Phi) is 7.53. The number of benzene rings is 3. The summed E-state index contributed by atoms with van der Waals surface area (Å²) >= 11 is 2.61. The van der Waals surface area contributed by atoms with Crippen LogP contribution in [0.5, 0.6) is 11.5 Å². The van der Waals surface area contributed by atoms with Crippen molar-refractivity contribution in [2.24, 2.45) is 0 Å². The highest BCUT2D eigenvalue weighted by Crippen LogP contribution is 2.46. The maximum absolute atomic E-state index is 13.8. The molecule has 0 bridgehead atoms. The quantitative estimate of drug-likeness (QED) is 0.175. The molecule has 7 nitrogen and oxygen atoms in total. The van der Waals surface area contributed by atoms with E-state index in [1.165, 1.54) is 27.6 Å². The van der Waals surface area contributed by atoms with Gasteiger partial charge in [0.15, 0.2) is 22.4 Å². The van der Waals surface area contributed by atoms with Gasteiger partial charge < -0.3 is 14.6 Å². The largest absolute Gasteiger partial charge is 0.503 e. The lowest BCUT2D eigenvalue weighted by molar-refractivity contribution is -0.117. The molecule has 212 valence electrons. The topological polar surface area (TPSA) is 89.0 Å². The minimum Gasteiger partial charge on any atom is -0.503 e. The van der Waals surface area contributed by atoms with Crippen LogP contribution in [0.4, 0.5) is 5.13 Å². The molecule has 2 aromatic heterocycles. The van der Waals surface area contributed by atoms with Gasteiger partial charge in [0.2, 0.25) is 5.78 Å². The van der Waals surface area contributed by atoms with E-state index >= 15 is 0 Å². The Hall–Kier alpha value is -4.47. The maximum atomic E-state index is 13.8. The Morgan fingerprint density at radius 2 is 1.81 bits per heavy atom. The number of ketones is 1. The van der Waals surface area contributed by atoms with Crippen molar-refractivity contribution in [3.05, 3.63) is 117 Å². The van der Waals surface area contributed by atoms with E-state index in [1.807, 2.05) is 63.2 Å². The summed E-state index contributed by atoms with van der Waals surface area (Å²) < 4.78 is 13.0. The van der Waals surface area contributed by atoms with Crippen LogP contribution in [0.15, 0.2) is 89.5 Å². The van der Waals surface area contributed by atoms with Crippen LogP contribution in [-0.4, -0.2) is 28.4 Å². The lowest BCUT2D eigenvalue weighted by Gasteiger charge is -2.25. The van der Waals surface area contributed by atoms with Crippen LogP contribution < -0.4 is 14.4 Å². The van der Waals surface area contributed by atoms with Crippen molar-refractivity contribution in [2.75, 3.05) is 11.5 Å². The monoisotopic (exact) mass is 596 g/mol. The van der Waals surface area contributed by atoms with Crippen molar-refractivity contribution < 1.29 is 24.2 Å². The zero-order valence-electron chi connectivity index (χ0n) is 23.3. The Morgan fingerprint density at radius 1 is 1.00 bits per heavy atom. The highest BCUT2D eigenvalue weighted by Gasteiger charge is 2.46. The summed E-state index contributed by atoms with van der Waals surface area (Å²) in [5.41, 5.74) is 4.46. The van der Waals surface area contributed by atoms with Gasteiger partial charge in [-0.1, -0.05) is 59.9 Å². The number of aliphatic hydroxyl groups excluding tert-OH is 1. The highest BCUT2D eigenvalue weighted by molar-refractivity contribution is 7.22. The summed E-state index contributed by atoms with van der Waals surface area (Å²) in [6.45, 7) is 6.60. The Bertz CT molecular complexity index is 1830. The van der Waals surface area contributed by atoms with Gasteiger partial charge in [-0.15, -0.1) is 11.3 Å². The number of nitrogens with zero attached hydrogens (tertiary/aromatic N) is 2. The molecule has 1 aliphatic rings. The van der Waals surface area contributed by atoms with Crippen molar-refractivity contribution in [2.45, 2.75) is 33.4 Å². The number of rotatable bonds is 9. The molecule has 0 saturated carbocycles. The fourth-order valence-corrected chi connectivity index (χ4v) is 7.02. The first-order valence-electron chi connectivity index (χ1n) is 13.5. The van der Waals surface area contributed by atoms with Crippen molar-refractivity contribution in [3.63, 3.8) is 0 Å². The number of ether oxygens (including phenoxy) is 2. The molecule has 42 heavy (non-hydrogen) atoms. The van der Waals surface area contributed by atoms with Crippen molar-refractivity contribution in [1.82, 2.24) is 4.98 Å². The molecule has 1 atom stereocenters. The van der Waals surface area contributed by atoms with Gasteiger partial charge in [-0.3, -0.25) is 14.5 Å². The van der Waals surface area contributed by atoms with Crippen LogP contribution in [-0.2, 0) is 11.4 Å². The van der Waals surface area contributed by atoms with Gasteiger partial charge in [0.05, 0.1) is 33.3 Å². The molecule has 0 spiro atoms. The number of thiazole rings is 1. The molecule has 3 heterocycles. The summed E-state index contributed by atoms with van der Waals surface area (Å²) in [5, 5.41) is 13.4. The van der Waals surface area contributed by atoms with E-state index in [1.54, 1.807) is 35.7 Å². The van der Waals surface area contributed by atoms with Crippen LogP contribution in [0.3, 0.4) is 0 Å². The summed E-state index contributed by atoms with van der Waals surface area (Å²) in [4.78, 5) is 34.2. The van der Waals surface area contributed by atoms with E-state index in [2.05, 4.69) is 0 Å². The molecular formula is C33H28N2O5S2. The zero-order chi connectivity index (χ0) is 29.4. The maximum Gasteiger partial charge on any atom is 0.296 e. The first kappa shape index (κ1) is 27.7. The van der Waals surface area contributed by atoms with Crippen molar-refractivity contribution in [1.29, 1.82) is 0 Å². The van der Waals surface area contributed by atoms with Gasteiger partial charge in [-0.25, -0.2) is 4.98 Å². The summed E-state index contributed by atoms with van der Waals surface area (Å²) in [6.07, 6.45) is 0. The predicted molar refractivity (Wildman–Crippen MR) is 166 cm³/mol. The van der Waals surface area contributed by atoms with Crippen LogP contribution in [0.1, 0.15) is 44.9 Å². The van der Waals surface area contributed by atoms with E-state index in [0.717, 1.165) is 26.9 Å². The number of thiophene rings is 1. The molecule has 5 aromatic rings. The number of hydrogen-bond acceptors (Lipinski definition) is 8. The second-order valence-corrected chi connectivity index (χ2v) is 11.9. The third kappa shape index (κ3) is 5.06. The average Bonchev–Trinajstić information content (AvgIpc) is 3.72. The van der Waals surface area contributed by atoms with Gasteiger partial charge in [-0.2, -0.15) is 0 Å². The molecule has 0 saturated heterocycles.